The highest BCUT2D eigenvalue weighted by Crippen LogP contribution is 2.48. The fourth-order valence-electron chi connectivity index (χ4n) is 4.72. The maximum Gasteiger partial charge on any atom is 0.345 e. The van der Waals surface area contributed by atoms with Crippen LogP contribution < -0.4 is 10.0 Å². The van der Waals surface area contributed by atoms with Crippen molar-refractivity contribution in [2.45, 2.75) is 36.9 Å². The summed E-state index contributed by atoms with van der Waals surface area (Å²) in [5, 5.41) is 26.1. The number of aromatic nitrogens is 1. The molecule has 0 atom stereocenters. The van der Waals surface area contributed by atoms with Crippen LogP contribution in [0.1, 0.15) is 57.7 Å². The maximum absolute atomic E-state index is 12.9. The van der Waals surface area contributed by atoms with Gasteiger partial charge in [-0.25, -0.2) is 4.79 Å². The molecule has 1 saturated carbocycles. The summed E-state index contributed by atoms with van der Waals surface area (Å²) in [5.74, 6) is -1.28. The Morgan fingerprint density at radius 2 is 1.56 bits per heavy atom. The Morgan fingerprint density at radius 1 is 0.912 bits per heavy atom. The Morgan fingerprint density at radius 3 is 2.24 bits per heavy atom. The highest BCUT2D eigenvalue weighted by Gasteiger charge is 2.57. The van der Waals surface area contributed by atoms with Gasteiger partial charge in [0, 0.05) is 35.7 Å². The van der Waals surface area contributed by atoms with E-state index in [9.17, 15) is 24.7 Å². The molecule has 2 aliphatic rings. The molecule has 1 amide bonds. The number of nitrogens with zero attached hydrogens (tertiary/aromatic N) is 1. The second-order valence-electron chi connectivity index (χ2n) is 8.74. The Hall–Kier alpha value is -4.04. The molecule has 0 unspecified atom stereocenters. The molecule has 2 N–H and O–H groups in total. The first-order valence-electron chi connectivity index (χ1n) is 11.0. The number of anilines is 1. The molecule has 0 radical (unpaired) electrons. The lowest BCUT2D eigenvalue weighted by molar-refractivity contribution is -0.621. The van der Waals surface area contributed by atoms with Crippen LogP contribution in [0.25, 0.3) is 0 Å². The highest BCUT2D eigenvalue weighted by molar-refractivity contribution is 6.09. The minimum Gasteiger partial charge on any atom is -0.618 e. The first-order valence-corrected chi connectivity index (χ1v) is 11.0. The largest absolute Gasteiger partial charge is 0.618 e. The number of benzene rings is 2. The monoisotopic (exact) mass is 458 g/mol. The van der Waals surface area contributed by atoms with Crippen LogP contribution >= 0.6 is 0 Å². The van der Waals surface area contributed by atoms with E-state index in [0.717, 1.165) is 0 Å². The number of amides is 1. The third kappa shape index (κ3) is 3.62. The Kier molecular flexibility index (Phi) is 5.17. The molecule has 3 aromatic rings. The van der Waals surface area contributed by atoms with Crippen molar-refractivity contribution >= 4 is 23.3 Å². The van der Waals surface area contributed by atoms with Gasteiger partial charge >= 0.3 is 5.97 Å². The fourth-order valence-corrected chi connectivity index (χ4v) is 4.72. The average Bonchev–Trinajstić information content (AvgIpc) is 3.14. The number of hydrogen-bond acceptors (Lipinski definition) is 6. The number of pyridine rings is 1. The van der Waals surface area contributed by atoms with Crippen molar-refractivity contribution in [3.63, 3.8) is 0 Å². The number of ether oxygens (including phenoxy) is 1. The first kappa shape index (κ1) is 21.8. The summed E-state index contributed by atoms with van der Waals surface area (Å²) in [6.07, 6.45) is 1.64. The van der Waals surface area contributed by atoms with Crippen molar-refractivity contribution in [3.8, 4) is 0 Å². The fraction of sp³-hybridized carbons (Fsp3) is 0.231. The number of rotatable bonds is 4. The summed E-state index contributed by atoms with van der Waals surface area (Å²) in [7, 11) is 0. The zero-order valence-electron chi connectivity index (χ0n) is 18.2. The predicted molar refractivity (Wildman–Crippen MR) is 121 cm³/mol. The standard InChI is InChI=1S/C26H22N2O6/c29-21(17-5-2-1-3-6-17)18-8-10-19(11-9-18)27-24(31)25(32)12-14-26(15-13-25)22-20(23(30)34-26)7-4-16-28(22)33/h1-11,16,32H,12-15H2,(H,27,31)/t25-,26+. The summed E-state index contributed by atoms with van der Waals surface area (Å²) in [6.45, 7) is 0. The maximum atomic E-state index is 12.9. The van der Waals surface area contributed by atoms with E-state index in [1.54, 1.807) is 54.6 Å². The molecule has 172 valence electrons. The number of esters is 1. The second-order valence-corrected chi connectivity index (χ2v) is 8.74. The van der Waals surface area contributed by atoms with Crippen molar-refractivity contribution < 1.29 is 29.0 Å². The van der Waals surface area contributed by atoms with Crippen molar-refractivity contribution in [1.82, 2.24) is 0 Å². The van der Waals surface area contributed by atoms with E-state index in [1.165, 1.54) is 12.3 Å². The van der Waals surface area contributed by atoms with Gasteiger partial charge in [0.15, 0.2) is 17.6 Å². The van der Waals surface area contributed by atoms with Crippen LogP contribution in [0.3, 0.4) is 0 Å². The van der Waals surface area contributed by atoms with E-state index in [4.69, 9.17) is 4.74 Å². The van der Waals surface area contributed by atoms with Gasteiger partial charge in [-0.1, -0.05) is 30.3 Å². The molecule has 1 aliphatic carbocycles. The van der Waals surface area contributed by atoms with Crippen molar-refractivity contribution in [2.75, 3.05) is 5.32 Å². The zero-order chi connectivity index (χ0) is 23.9. The molecule has 0 bridgehead atoms. The molecule has 8 nitrogen and oxygen atoms in total. The molecular formula is C26H22N2O6. The van der Waals surface area contributed by atoms with Gasteiger partial charge in [-0.3, -0.25) is 9.59 Å². The summed E-state index contributed by atoms with van der Waals surface area (Å²) in [6, 6.07) is 18.4. The number of carbonyl (C=O) groups excluding carboxylic acids is 3. The minimum absolute atomic E-state index is 0.0189. The predicted octanol–water partition coefficient (Wildman–Crippen LogP) is 2.86. The van der Waals surface area contributed by atoms with Crippen LogP contribution in [-0.4, -0.2) is 28.4 Å². The van der Waals surface area contributed by atoms with Crippen LogP contribution in [0, 0.1) is 5.21 Å². The molecule has 2 aromatic carbocycles. The lowest BCUT2D eigenvalue weighted by Gasteiger charge is -2.38. The van der Waals surface area contributed by atoms with Gasteiger partial charge in [0.05, 0.1) is 0 Å². The third-order valence-corrected chi connectivity index (χ3v) is 6.65. The van der Waals surface area contributed by atoms with Gasteiger partial charge < -0.3 is 20.4 Å². The summed E-state index contributed by atoms with van der Waals surface area (Å²) in [5.41, 5.74) is -0.867. The zero-order valence-corrected chi connectivity index (χ0v) is 18.2. The van der Waals surface area contributed by atoms with E-state index < -0.39 is 23.1 Å². The topological polar surface area (TPSA) is 120 Å². The van der Waals surface area contributed by atoms with Gasteiger partial charge in [-0.05, 0) is 43.2 Å². The lowest BCUT2D eigenvalue weighted by Crippen LogP contribution is -2.51. The Labute approximate surface area is 195 Å². The van der Waals surface area contributed by atoms with Crippen molar-refractivity contribution in [3.05, 3.63) is 101 Å². The van der Waals surface area contributed by atoms with Gasteiger partial charge in [-0.2, -0.15) is 4.73 Å². The van der Waals surface area contributed by atoms with Crippen LogP contribution in [0.2, 0.25) is 0 Å². The summed E-state index contributed by atoms with van der Waals surface area (Å²) >= 11 is 0. The van der Waals surface area contributed by atoms with E-state index in [-0.39, 0.29) is 42.7 Å². The van der Waals surface area contributed by atoms with Crippen LogP contribution in [-0.2, 0) is 15.1 Å². The SMILES string of the molecule is O=C(c1ccccc1)c1ccc(NC(=O)[C@]2(O)CC[C@]3(CC2)OC(=O)c2ccc[n+]([O-])c23)cc1. The molecule has 2 heterocycles. The van der Waals surface area contributed by atoms with Gasteiger partial charge in [0.1, 0.15) is 11.2 Å². The van der Waals surface area contributed by atoms with E-state index in [2.05, 4.69) is 5.32 Å². The molecule has 34 heavy (non-hydrogen) atoms. The summed E-state index contributed by atoms with van der Waals surface area (Å²) < 4.78 is 6.20. The van der Waals surface area contributed by atoms with Crippen LogP contribution in [0.15, 0.2) is 72.9 Å². The van der Waals surface area contributed by atoms with Crippen LogP contribution in [0.4, 0.5) is 5.69 Å². The minimum atomic E-state index is -1.68. The Bertz CT molecular complexity index is 1280. The third-order valence-electron chi connectivity index (χ3n) is 6.65. The second kappa shape index (κ2) is 8.07. The van der Waals surface area contributed by atoms with Gasteiger partial charge in [0.2, 0.25) is 0 Å². The smallest absolute Gasteiger partial charge is 0.345 e. The van der Waals surface area contributed by atoms with Gasteiger partial charge in [-0.15, -0.1) is 0 Å². The number of nitrogens with one attached hydrogen (secondary N) is 1. The molecule has 1 spiro atoms. The number of hydrogen-bond donors (Lipinski definition) is 2. The number of carbonyl (C=O) groups is 3. The number of fused-ring (bicyclic) bond motifs is 2. The van der Waals surface area contributed by atoms with Gasteiger partial charge in [0.25, 0.3) is 11.6 Å². The number of ketones is 1. The molecule has 1 fully saturated rings. The molecule has 5 rings (SSSR count). The highest BCUT2D eigenvalue weighted by atomic mass is 16.6. The molecular weight excluding hydrogens is 436 g/mol. The van der Waals surface area contributed by atoms with E-state index >= 15 is 0 Å². The van der Waals surface area contributed by atoms with E-state index in [0.29, 0.717) is 21.5 Å². The number of aliphatic hydroxyl groups is 1. The van der Waals surface area contributed by atoms with Crippen molar-refractivity contribution in [1.29, 1.82) is 0 Å². The molecule has 1 aliphatic heterocycles. The molecule has 1 aromatic heterocycles. The quantitative estimate of drug-likeness (QED) is 0.269. The van der Waals surface area contributed by atoms with Crippen molar-refractivity contribution in [2.24, 2.45) is 0 Å². The molecule has 8 heteroatoms. The molecule has 0 saturated heterocycles. The van der Waals surface area contributed by atoms with E-state index in [1.807, 2.05) is 6.07 Å². The lowest BCUT2D eigenvalue weighted by atomic mass is 9.74. The first-order chi connectivity index (χ1) is 16.3. The Balaban J connectivity index is 1.27. The van der Waals surface area contributed by atoms with Crippen LogP contribution in [0.5, 0.6) is 0 Å². The average molecular weight is 458 g/mol. The normalized spacial score (nSPS) is 23.3. The summed E-state index contributed by atoms with van der Waals surface area (Å²) in [4.78, 5) is 37.7.